The molecule has 1 saturated heterocycles. The molecule has 7 heteroatoms. The van der Waals surface area contributed by atoms with Gasteiger partial charge in [-0.2, -0.15) is 11.3 Å². The van der Waals surface area contributed by atoms with Crippen LogP contribution in [-0.4, -0.2) is 45.1 Å². The van der Waals surface area contributed by atoms with Crippen LogP contribution < -0.4 is 0 Å². The van der Waals surface area contributed by atoms with E-state index in [1.165, 1.54) is 25.7 Å². The first-order valence-electron chi connectivity index (χ1n) is 9.05. The lowest BCUT2D eigenvalue weighted by Gasteiger charge is -2.31. The molecule has 0 aromatic carbocycles. The quantitative estimate of drug-likeness (QED) is 0.782. The fraction of sp³-hybridized carbons (Fsp3) is 0.611. The van der Waals surface area contributed by atoms with Gasteiger partial charge in [-0.05, 0) is 37.1 Å². The molecule has 134 valence electrons. The first-order chi connectivity index (χ1) is 12.3. The van der Waals surface area contributed by atoms with E-state index in [9.17, 15) is 4.79 Å². The van der Waals surface area contributed by atoms with Gasteiger partial charge in [0.05, 0.1) is 11.7 Å². The van der Waals surface area contributed by atoms with Crippen molar-refractivity contribution in [3.05, 3.63) is 22.7 Å². The van der Waals surface area contributed by atoms with Crippen LogP contribution in [0.25, 0.3) is 11.5 Å². The van der Waals surface area contributed by atoms with Crippen LogP contribution >= 0.6 is 23.1 Å². The summed E-state index contributed by atoms with van der Waals surface area (Å²) < 4.78 is 5.88. The van der Waals surface area contributed by atoms with Gasteiger partial charge >= 0.3 is 0 Å². The van der Waals surface area contributed by atoms with Gasteiger partial charge in [-0.15, -0.1) is 22.0 Å². The molecule has 5 nitrogen and oxygen atoms in total. The third kappa shape index (κ3) is 4.08. The maximum Gasteiger partial charge on any atom is 0.248 e. The van der Waals surface area contributed by atoms with E-state index in [0.717, 1.165) is 24.9 Å². The number of piperidine rings is 1. The third-order valence-corrected chi connectivity index (χ3v) is 7.12. The molecule has 25 heavy (non-hydrogen) atoms. The molecule has 1 aliphatic carbocycles. The Bertz CT molecular complexity index is 695. The largest absolute Gasteiger partial charge is 0.420 e. The molecule has 1 saturated carbocycles. The summed E-state index contributed by atoms with van der Waals surface area (Å²) in [5.41, 5.74) is 0.973. The zero-order valence-electron chi connectivity index (χ0n) is 14.2. The number of aromatic nitrogens is 2. The van der Waals surface area contributed by atoms with Gasteiger partial charge in [-0.25, -0.2) is 0 Å². The van der Waals surface area contributed by atoms with Crippen molar-refractivity contribution in [3.63, 3.8) is 0 Å². The summed E-state index contributed by atoms with van der Waals surface area (Å²) in [6.07, 6.45) is 7.19. The molecule has 4 rings (SSSR count). The molecule has 2 fully saturated rings. The van der Waals surface area contributed by atoms with Crippen molar-refractivity contribution in [1.82, 2.24) is 15.1 Å². The number of thiophene rings is 1. The lowest BCUT2D eigenvalue weighted by molar-refractivity contribution is -0.129. The Balaban J connectivity index is 1.35. The van der Waals surface area contributed by atoms with Gasteiger partial charge in [-0.1, -0.05) is 12.8 Å². The number of rotatable bonds is 5. The first-order valence-corrected chi connectivity index (χ1v) is 11.0. The average Bonchev–Trinajstić information content (AvgIpc) is 3.41. The summed E-state index contributed by atoms with van der Waals surface area (Å²) in [4.78, 5) is 14.6. The minimum Gasteiger partial charge on any atom is -0.420 e. The Morgan fingerprint density at radius 3 is 2.96 bits per heavy atom. The summed E-state index contributed by atoms with van der Waals surface area (Å²) in [6.45, 7) is 1.56. The SMILES string of the molecule is O=C(CSC1CCCC1)N1CCCC(c2nnc(-c3ccsc3)o2)C1. The molecule has 1 atom stereocenters. The van der Waals surface area contributed by atoms with Gasteiger partial charge in [0.1, 0.15) is 0 Å². The highest BCUT2D eigenvalue weighted by molar-refractivity contribution is 8.00. The smallest absolute Gasteiger partial charge is 0.248 e. The monoisotopic (exact) mass is 377 g/mol. The Hall–Kier alpha value is -1.34. The van der Waals surface area contributed by atoms with Crippen LogP contribution in [0, 0.1) is 0 Å². The van der Waals surface area contributed by atoms with Crippen molar-refractivity contribution >= 4 is 29.0 Å². The fourth-order valence-electron chi connectivity index (χ4n) is 3.64. The van der Waals surface area contributed by atoms with Gasteiger partial charge in [0, 0.05) is 29.3 Å². The molecule has 0 bridgehead atoms. The molecule has 1 aliphatic heterocycles. The van der Waals surface area contributed by atoms with Crippen LogP contribution in [0.4, 0.5) is 0 Å². The number of carbonyl (C=O) groups excluding carboxylic acids is 1. The standard InChI is InChI=1S/C18H23N3O2S2/c22-16(12-25-15-5-1-2-6-15)21-8-3-4-13(10-21)17-19-20-18(23-17)14-7-9-24-11-14/h7,9,11,13,15H,1-6,8,10,12H2. The number of hydrogen-bond acceptors (Lipinski definition) is 6. The van der Waals surface area contributed by atoms with E-state index in [4.69, 9.17) is 4.42 Å². The lowest BCUT2D eigenvalue weighted by atomic mass is 9.98. The highest BCUT2D eigenvalue weighted by Gasteiger charge is 2.29. The van der Waals surface area contributed by atoms with Gasteiger partial charge < -0.3 is 9.32 Å². The van der Waals surface area contributed by atoms with Crippen LogP contribution in [0.3, 0.4) is 0 Å². The first kappa shape index (κ1) is 17.1. The summed E-state index contributed by atoms with van der Waals surface area (Å²) in [5, 5.41) is 13.1. The number of thioether (sulfide) groups is 1. The fourth-order valence-corrected chi connectivity index (χ4v) is 5.50. The van der Waals surface area contributed by atoms with Gasteiger partial charge in [0.25, 0.3) is 0 Å². The van der Waals surface area contributed by atoms with Crippen LogP contribution in [0.15, 0.2) is 21.2 Å². The summed E-state index contributed by atoms with van der Waals surface area (Å²) >= 11 is 3.46. The van der Waals surface area contributed by atoms with Crippen molar-refractivity contribution in [2.45, 2.75) is 49.7 Å². The highest BCUT2D eigenvalue weighted by Crippen LogP contribution is 2.31. The van der Waals surface area contributed by atoms with Crippen LogP contribution in [0.2, 0.25) is 0 Å². The molecule has 2 aliphatic rings. The predicted molar refractivity (Wildman–Crippen MR) is 101 cm³/mol. The van der Waals surface area contributed by atoms with E-state index in [1.54, 1.807) is 11.3 Å². The highest BCUT2D eigenvalue weighted by atomic mass is 32.2. The second-order valence-electron chi connectivity index (χ2n) is 6.85. The van der Waals surface area contributed by atoms with Crippen LogP contribution in [0.1, 0.15) is 50.3 Å². The van der Waals surface area contributed by atoms with Crippen molar-refractivity contribution in [3.8, 4) is 11.5 Å². The lowest BCUT2D eigenvalue weighted by Crippen LogP contribution is -2.40. The summed E-state index contributed by atoms with van der Waals surface area (Å²) in [6, 6.07) is 1.99. The van der Waals surface area contributed by atoms with Crippen molar-refractivity contribution in [2.24, 2.45) is 0 Å². The zero-order valence-corrected chi connectivity index (χ0v) is 15.9. The molecule has 1 amide bonds. The molecule has 0 spiro atoms. The maximum absolute atomic E-state index is 12.6. The average molecular weight is 378 g/mol. The molecular weight excluding hydrogens is 354 g/mol. The Morgan fingerprint density at radius 1 is 1.28 bits per heavy atom. The number of carbonyl (C=O) groups is 1. The van der Waals surface area contributed by atoms with E-state index in [0.29, 0.717) is 29.3 Å². The van der Waals surface area contributed by atoms with E-state index in [-0.39, 0.29) is 11.8 Å². The zero-order chi connectivity index (χ0) is 17.1. The normalized spacial score (nSPS) is 21.8. The van der Waals surface area contributed by atoms with Crippen molar-refractivity contribution in [2.75, 3.05) is 18.8 Å². The van der Waals surface area contributed by atoms with Crippen LogP contribution in [0.5, 0.6) is 0 Å². The minimum absolute atomic E-state index is 0.161. The Kier molecular flexibility index (Phi) is 5.41. The number of likely N-dealkylation sites (tertiary alicyclic amines) is 1. The van der Waals surface area contributed by atoms with Gasteiger partial charge in [-0.3, -0.25) is 4.79 Å². The molecule has 0 N–H and O–H groups in total. The van der Waals surface area contributed by atoms with E-state index < -0.39 is 0 Å². The topological polar surface area (TPSA) is 59.2 Å². The van der Waals surface area contributed by atoms with Gasteiger partial charge in [0.2, 0.25) is 17.7 Å². The minimum atomic E-state index is 0.161. The van der Waals surface area contributed by atoms with E-state index in [2.05, 4.69) is 10.2 Å². The van der Waals surface area contributed by atoms with E-state index in [1.807, 2.05) is 33.5 Å². The summed E-state index contributed by atoms with van der Waals surface area (Å²) in [5.74, 6) is 2.29. The molecule has 0 radical (unpaired) electrons. The predicted octanol–water partition coefficient (Wildman–Crippen LogP) is 4.18. The molecule has 1 unspecified atom stereocenters. The number of hydrogen-bond donors (Lipinski definition) is 0. The van der Waals surface area contributed by atoms with Gasteiger partial charge in [0.15, 0.2) is 0 Å². The second kappa shape index (κ2) is 7.91. The summed E-state index contributed by atoms with van der Waals surface area (Å²) in [7, 11) is 0. The molecule has 2 aromatic rings. The van der Waals surface area contributed by atoms with Crippen molar-refractivity contribution in [1.29, 1.82) is 0 Å². The maximum atomic E-state index is 12.6. The van der Waals surface area contributed by atoms with E-state index >= 15 is 0 Å². The third-order valence-electron chi connectivity index (χ3n) is 5.08. The Labute approximate surface area is 156 Å². The molecule has 3 heterocycles. The second-order valence-corrected chi connectivity index (χ2v) is 8.92. The van der Waals surface area contributed by atoms with Crippen molar-refractivity contribution < 1.29 is 9.21 Å². The Morgan fingerprint density at radius 2 is 2.16 bits per heavy atom. The number of amides is 1. The van der Waals surface area contributed by atoms with Crippen LogP contribution in [-0.2, 0) is 4.79 Å². The molecule has 2 aromatic heterocycles. The number of nitrogens with zero attached hydrogens (tertiary/aromatic N) is 3. The molecular formula is C18H23N3O2S2.